The summed E-state index contributed by atoms with van der Waals surface area (Å²) in [6, 6.07) is 13.9. The summed E-state index contributed by atoms with van der Waals surface area (Å²) in [5.41, 5.74) is 7.45. The number of benzene rings is 1. The summed E-state index contributed by atoms with van der Waals surface area (Å²) < 4.78 is 0. The van der Waals surface area contributed by atoms with Crippen LogP contribution in [-0.2, 0) is 0 Å². The maximum absolute atomic E-state index is 13.8. The van der Waals surface area contributed by atoms with Crippen molar-refractivity contribution in [2.45, 2.75) is 89.0 Å². The molecule has 0 radical (unpaired) electrons. The molecule has 0 aromatic heterocycles. The molecular weight excluding hydrogens is 392 g/mol. The number of carbonyl (C=O) groups excluding carboxylic acids is 2. The molecule has 2 amide bonds. The minimum atomic E-state index is -2.04. The maximum Gasteiger partial charge on any atom is 0.261 e. The number of hydrogen-bond acceptors (Lipinski definition) is 3. The first-order valence-corrected chi connectivity index (χ1v) is 16.8. The third-order valence-electron chi connectivity index (χ3n) is 8.50. The number of fused-ring (bicyclic) bond motifs is 1. The Labute approximate surface area is 179 Å². The molecule has 1 aromatic rings. The lowest BCUT2D eigenvalue weighted by Crippen LogP contribution is -2.80. The zero-order valence-electron chi connectivity index (χ0n) is 19.3. The number of nitrogens with two attached hydrogens (primary N) is 1. The van der Waals surface area contributed by atoms with E-state index in [1.807, 2.05) is 24.3 Å². The molecule has 162 valence electrons. The second-order valence-corrected chi connectivity index (χ2v) is 20.1. The molecule has 2 N–H and O–H groups in total. The normalized spacial score (nSPS) is 15.2. The van der Waals surface area contributed by atoms with E-state index in [0.717, 1.165) is 42.7 Å². The van der Waals surface area contributed by atoms with Crippen molar-refractivity contribution in [3.63, 3.8) is 0 Å². The second-order valence-electron chi connectivity index (χ2n) is 8.57. The van der Waals surface area contributed by atoms with Crippen LogP contribution in [0.5, 0.6) is 0 Å². The lowest BCUT2D eigenvalue weighted by atomic mass is 10.1. The van der Waals surface area contributed by atoms with Gasteiger partial charge in [0.15, 0.2) is 0 Å². The third kappa shape index (κ3) is 3.18. The zero-order chi connectivity index (χ0) is 21.9. The molecule has 2 rings (SSSR count). The van der Waals surface area contributed by atoms with Crippen molar-refractivity contribution < 1.29 is 9.59 Å². The predicted molar refractivity (Wildman–Crippen MR) is 128 cm³/mol. The van der Waals surface area contributed by atoms with Gasteiger partial charge in [-0.05, 0) is 25.1 Å². The molecule has 0 saturated heterocycles. The first kappa shape index (κ1) is 24.0. The number of rotatable bonds is 11. The summed E-state index contributed by atoms with van der Waals surface area (Å²) in [5.74, 6) is -0.142. The highest BCUT2D eigenvalue weighted by molar-refractivity contribution is 7.02. The van der Waals surface area contributed by atoms with Crippen LogP contribution in [0.25, 0.3) is 0 Å². The summed E-state index contributed by atoms with van der Waals surface area (Å²) in [4.78, 5) is 29.1. The monoisotopic (exact) mass is 432 g/mol. The molecule has 29 heavy (non-hydrogen) atoms. The number of carbonyl (C=O) groups is 2. The lowest BCUT2D eigenvalue weighted by Gasteiger charge is -2.62. The summed E-state index contributed by atoms with van der Waals surface area (Å²) in [7, 11) is -4.08. The van der Waals surface area contributed by atoms with Crippen molar-refractivity contribution in [2.75, 3.05) is 6.54 Å². The standard InChI is InChI=1S/C23H40N2O2Si2/c1-7-28(8-2,9-3)23(17-18-24,29(10-4,11-5)12-6)25-21(26)19-15-13-14-16-20(19)22(25)27/h13-16H,7-12,17-18,24H2,1-6H3. The predicted octanol–water partition coefficient (Wildman–Crippen LogP) is 5.47. The molecule has 1 heterocycles. The minimum Gasteiger partial charge on any atom is -0.330 e. The van der Waals surface area contributed by atoms with Crippen molar-refractivity contribution in [3.8, 4) is 0 Å². The van der Waals surface area contributed by atoms with Gasteiger partial charge in [-0.3, -0.25) is 14.5 Å². The molecule has 1 aromatic carbocycles. The number of hydrogen-bond donors (Lipinski definition) is 1. The van der Waals surface area contributed by atoms with Crippen molar-refractivity contribution in [1.29, 1.82) is 0 Å². The lowest BCUT2D eigenvalue weighted by molar-refractivity contribution is 0.0580. The van der Waals surface area contributed by atoms with E-state index in [-0.39, 0.29) is 16.6 Å². The Morgan fingerprint density at radius 3 is 1.38 bits per heavy atom. The van der Waals surface area contributed by atoms with Gasteiger partial charge < -0.3 is 5.73 Å². The van der Waals surface area contributed by atoms with Crippen LogP contribution in [0.15, 0.2) is 24.3 Å². The Hall–Kier alpha value is -1.25. The van der Waals surface area contributed by atoms with Crippen LogP contribution in [0.1, 0.15) is 68.7 Å². The first-order valence-electron chi connectivity index (χ1n) is 11.5. The van der Waals surface area contributed by atoms with Gasteiger partial charge in [-0.1, -0.05) is 89.9 Å². The summed E-state index contributed by atoms with van der Waals surface area (Å²) in [6.07, 6.45) is 0.766. The number of nitrogens with zero attached hydrogens (tertiary/aromatic N) is 1. The van der Waals surface area contributed by atoms with Gasteiger partial charge in [0.25, 0.3) is 11.8 Å². The highest BCUT2D eigenvalue weighted by Gasteiger charge is 2.66. The van der Waals surface area contributed by atoms with Gasteiger partial charge in [0.2, 0.25) is 0 Å². The van der Waals surface area contributed by atoms with E-state index in [1.54, 1.807) is 4.90 Å². The molecule has 4 nitrogen and oxygen atoms in total. The first-order chi connectivity index (χ1) is 13.9. The zero-order valence-corrected chi connectivity index (χ0v) is 21.3. The van der Waals surface area contributed by atoms with Gasteiger partial charge in [0, 0.05) is 4.79 Å². The van der Waals surface area contributed by atoms with Gasteiger partial charge in [-0.25, -0.2) is 0 Å². The number of imide groups is 1. The molecule has 0 aliphatic carbocycles. The van der Waals surface area contributed by atoms with Gasteiger partial charge in [-0.15, -0.1) is 0 Å². The minimum absolute atomic E-state index is 0.0708. The maximum atomic E-state index is 13.8. The van der Waals surface area contributed by atoms with Gasteiger partial charge in [0.05, 0.1) is 27.3 Å². The summed E-state index contributed by atoms with van der Waals surface area (Å²) >= 11 is 0. The summed E-state index contributed by atoms with van der Waals surface area (Å²) in [5, 5.41) is 0. The van der Waals surface area contributed by atoms with Gasteiger partial charge >= 0.3 is 0 Å². The van der Waals surface area contributed by atoms with Crippen LogP contribution in [0.3, 0.4) is 0 Å². The average Bonchev–Trinajstić information content (AvgIpc) is 3.01. The molecule has 0 saturated carbocycles. The molecule has 1 aliphatic heterocycles. The van der Waals surface area contributed by atoms with Gasteiger partial charge in [-0.2, -0.15) is 0 Å². The van der Waals surface area contributed by atoms with E-state index >= 15 is 0 Å². The molecule has 1 aliphatic rings. The number of amides is 2. The van der Waals surface area contributed by atoms with Crippen molar-refractivity contribution in [2.24, 2.45) is 5.73 Å². The van der Waals surface area contributed by atoms with Gasteiger partial charge in [0.1, 0.15) is 0 Å². The topological polar surface area (TPSA) is 63.4 Å². The molecule has 6 heteroatoms. The van der Waals surface area contributed by atoms with E-state index < -0.39 is 16.1 Å². The van der Waals surface area contributed by atoms with Crippen LogP contribution < -0.4 is 5.73 Å². The Bertz CT molecular complexity index is 671. The fourth-order valence-corrected chi connectivity index (χ4v) is 23.6. The van der Waals surface area contributed by atoms with Crippen molar-refractivity contribution in [3.05, 3.63) is 35.4 Å². The highest BCUT2D eigenvalue weighted by atomic mass is 28.4. The average molecular weight is 433 g/mol. The molecular formula is C23H40N2O2Si2. The molecule has 0 spiro atoms. The summed E-state index contributed by atoms with van der Waals surface area (Å²) in [6.45, 7) is 14.3. The quantitative estimate of drug-likeness (QED) is 0.373. The van der Waals surface area contributed by atoms with E-state index in [1.165, 1.54) is 0 Å². The van der Waals surface area contributed by atoms with E-state index in [0.29, 0.717) is 17.7 Å². The fraction of sp³-hybridized carbons (Fsp3) is 0.652. The molecule has 0 atom stereocenters. The van der Waals surface area contributed by atoms with Crippen LogP contribution in [-0.4, -0.2) is 44.2 Å². The third-order valence-corrected chi connectivity index (χ3v) is 24.3. The Morgan fingerprint density at radius 2 is 1.10 bits per heavy atom. The molecule has 0 fully saturated rings. The van der Waals surface area contributed by atoms with Crippen LogP contribution in [0, 0.1) is 0 Å². The van der Waals surface area contributed by atoms with Crippen molar-refractivity contribution >= 4 is 28.0 Å². The SMILES string of the molecule is CC[Si](CC)(CC)C(CCN)(N1C(=O)c2ccccc2C1=O)[Si](CC)(CC)CC. The Morgan fingerprint density at radius 1 is 0.759 bits per heavy atom. The van der Waals surface area contributed by atoms with Crippen molar-refractivity contribution in [1.82, 2.24) is 4.90 Å². The fourth-order valence-electron chi connectivity index (χ4n) is 6.68. The van der Waals surface area contributed by atoms with Crippen LogP contribution >= 0.6 is 0 Å². The largest absolute Gasteiger partial charge is 0.330 e. The Kier molecular flexibility index (Phi) is 7.68. The molecule has 0 bridgehead atoms. The second kappa shape index (κ2) is 9.27. The van der Waals surface area contributed by atoms with E-state index in [4.69, 9.17) is 5.73 Å². The Balaban J connectivity index is 2.94. The van der Waals surface area contributed by atoms with Crippen LogP contribution in [0.2, 0.25) is 36.3 Å². The highest BCUT2D eigenvalue weighted by Crippen LogP contribution is 2.51. The van der Waals surface area contributed by atoms with E-state index in [2.05, 4.69) is 41.5 Å². The van der Waals surface area contributed by atoms with E-state index in [9.17, 15) is 9.59 Å². The smallest absolute Gasteiger partial charge is 0.261 e. The van der Waals surface area contributed by atoms with Crippen LogP contribution in [0.4, 0.5) is 0 Å². The molecule has 0 unspecified atom stereocenters.